The molecule has 0 aliphatic carbocycles. The Balaban J connectivity index is 2.91. The summed E-state index contributed by atoms with van der Waals surface area (Å²) in [5.41, 5.74) is 11.9. The SMILES string of the molecule is NCCC(O)C(O)c1ccccc1NC(N)=S. The van der Waals surface area contributed by atoms with Crippen molar-refractivity contribution in [3.63, 3.8) is 0 Å². The summed E-state index contributed by atoms with van der Waals surface area (Å²) in [7, 11) is 0. The Labute approximate surface area is 105 Å². The van der Waals surface area contributed by atoms with E-state index in [1.807, 2.05) is 0 Å². The van der Waals surface area contributed by atoms with Gasteiger partial charge in [0.15, 0.2) is 5.11 Å². The number of nitrogens with two attached hydrogens (primary N) is 2. The lowest BCUT2D eigenvalue weighted by molar-refractivity contribution is 0.0154. The average Bonchev–Trinajstić information content (AvgIpc) is 2.28. The van der Waals surface area contributed by atoms with E-state index in [1.165, 1.54) is 0 Å². The summed E-state index contributed by atoms with van der Waals surface area (Å²) in [6, 6.07) is 6.97. The van der Waals surface area contributed by atoms with Crippen LogP contribution in [0.1, 0.15) is 18.1 Å². The summed E-state index contributed by atoms with van der Waals surface area (Å²) < 4.78 is 0. The lowest BCUT2D eigenvalue weighted by Crippen LogP contribution is -2.25. The number of thiocarbonyl (C=S) groups is 1. The third kappa shape index (κ3) is 3.94. The molecule has 0 aliphatic rings. The highest BCUT2D eigenvalue weighted by molar-refractivity contribution is 7.80. The minimum absolute atomic E-state index is 0.109. The Kier molecular flexibility index (Phi) is 5.30. The summed E-state index contributed by atoms with van der Waals surface area (Å²) in [6.07, 6.45) is -1.60. The normalized spacial score (nSPS) is 14.1. The van der Waals surface area contributed by atoms with Crippen molar-refractivity contribution in [2.75, 3.05) is 11.9 Å². The van der Waals surface area contributed by atoms with Crippen molar-refractivity contribution in [3.05, 3.63) is 29.8 Å². The van der Waals surface area contributed by atoms with Gasteiger partial charge in [-0.15, -0.1) is 0 Å². The largest absolute Gasteiger partial charge is 0.390 e. The van der Waals surface area contributed by atoms with Gasteiger partial charge in [0.05, 0.1) is 6.10 Å². The molecule has 0 bridgehead atoms. The molecule has 1 aromatic carbocycles. The Morgan fingerprint density at radius 3 is 2.59 bits per heavy atom. The lowest BCUT2D eigenvalue weighted by atomic mass is 10.0. The van der Waals surface area contributed by atoms with Gasteiger partial charge < -0.3 is 27.0 Å². The van der Waals surface area contributed by atoms with Crippen LogP contribution in [0, 0.1) is 0 Å². The quantitative estimate of drug-likeness (QED) is 0.477. The molecule has 0 saturated carbocycles. The van der Waals surface area contributed by atoms with Crippen LogP contribution >= 0.6 is 12.2 Å². The van der Waals surface area contributed by atoms with Crippen molar-refractivity contribution >= 4 is 23.0 Å². The van der Waals surface area contributed by atoms with E-state index < -0.39 is 12.2 Å². The second kappa shape index (κ2) is 6.51. The molecule has 1 aromatic rings. The zero-order chi connectivity index (χ0) is 12.8. The van der Waals surface area contributed by atoms with Gasteiger partial charge in [-0.2, -0.15) is 0 Å². The molecule has 0 aromatic heterocycles. The molecule has 5 nitrogen and oxygen atoms in total. The first kappa shape index (κ1) is 13.9. The summed E-state index contributed by atoms with van der Waals surface area (Å²) in [5, 5.41) is 22.6. The summed E-state index contributed by atoms with van der Waals surface area (Å²) in [5.74, 6) is 0. The fraction of sp³-hybridized carbons (Fsp3) is 0.364. The zero-order valence-corrected chi connectivity index (χ0v) is 10.2. The van der Waals surface area contributed by atoms with Crippen LogP contribution in [0.4, 0.5) is 5.69 Å². The Bertz CT molecular complexity index is 387. The van der Waals surface area contributed by atoms with Gasteiger partial charge in [-0.05, 0) is 31.2 Å². The van der Waals surface area contributed by atoms with Crippen molar-refractivity contribution in [1.82, 2.24) is 0 Å². The van der Waals surface area contributed by atoms with E-state index >= 15 is 0 Å². The number of anilines is 1. The van der Waals surface area contributed by atoms with Crippen molar-refractivity contribution in [1.29, 1.82) is 0 Å². The topological polar surface area (TPSA) is 105 Å². The molecule has 7 N–H and O–H groups in total. The van der Waals surface area contributed by atoms with E-state index in [2.05, 4.69) is 5.32 Å². The second-order valence-corrected chi connectivity index (χ2v) is 4.11. The minimum atomic E-state index is -1.02. The number of nitrogens with one attached hydrogen (secondary N) is 1. The van der Waals surface area contributed by atoms with Gasteiger partial charge in [0.25, 0.3) is 0 Å². The maximum atomic E-state index is 9.98. The number of benzene rings is 1. The number of rotatable bonds is 5. The van der Waals surface area contributed by atoms with Crippen LogP contribution in [-0.2, 0) is 0 Å². The zero-order valence-electron chi connectivity index (χ0n) is 9.34. The van der Waals surface area contributed by atoms with Gasteiger partial charge in [0, 0.05) is 11.3 Å². The van der Waals surface area contributed by atoms with E-state index in [-0.39, 0.29) is 5.11 Å². The molecule has 0 aliphatic heterocycles. The van der Waals surface area contributed by atoms with E-state index in [4.69, 9.17) is 23.7 Å². The molecular formula is C11H17N3O2S. The van der Waals surface area contributed by atoms with Crippen molar-refractivity contribution in [2.24, 2.45) is 11.5 Å². The minimum Gasteiger partial charge on any atom is -0.390 e. The average molecular weight is 255 g/mol. The van der Waals surface area contributed by atoms with E-state index in [0.717, 1.165) is 0 Å². The maximum Gasteiger partial charge on any atom is 0.168 e. The van der Waals surface area contributed by atoms with Gasteiger partial charge in [0.2, 0.25) is 0 Å². The summed E-state index contributed by atoms with van der Waals surface area (Å²) in [4.78, 5) is 0. The van der Waals surface area contributed by atoms with Crippen molar-refractivity contribution in [2.45, 2.75) is 18.6 Å². The molecule has 6 heteroatoms. The van der Waals surface area contributed by atoms with Crippen molar-refractivity contribution in [3.8, 4) is 0 Å². The first-order chi connectivity index (χ1) is 8.06. The molecule has 0 heterocycles. The van der Waals surface area contributed by atoms with Crippen LogP contribution in [0.15, 0.2) is 24.3 Å². The fourth-order valence-electron chi connectivity index (χ4n) is 1.54. The standard InChI is InChI=1S/C11H17N3O2S/c12-6-5-9(15)10(16)7-3-1-2-4-8(7)14-11(13)17/h1-4,9-10,15-16H,5-6,12H2,(H3,13,14,17). The molecule has 2 atom stereocenters. The van der Waals surface area contributed by atoms with Crippen LogP contribution < -0.4 is 16.8 Å². The summed E-state index contributed by atoms with van der Waals surface area (Å²) >= 11 is 4.74. The molecule has 17 heavy (non-hydrogen) atoms. The van der Waals surface area contributed by atoms with Gasteiger partial charge in [0.1, 0.15) is 6.10 Å². The highest BCUT2D eigenvalue weighted by atomic mass is 32.1. The Hall–Kier alpha value is -1.21. The molecule has 0 saturated heterocycles. The predicted octanol–water partition coefficient (Wildman–Crippen LogP) is 0.0852. The van der Waals surface area contributed by atoms with Crippen LogP contribution in [-0.4, -0.2) is 28.0 Å². The monoisotopic (exact) mass is 255 g/mol. The number of aliphatic hydroxyl groups is 2. The Morgan fingerprint density at radius 2 is 2.00 bits per heavy atom. The molecule has 0 radical (unpaired) electrons. The first-order valence-corrected chi connectivity index (χ1v) is 5.68. The molecular weight excluding hydrogens is 238 g/mol. The second-order valence-electron chi connectivity index (χ2n) is 3.67. The molecule has 0 amide bonds. The Morgan fingerprint density at radius 1 is 1.35 bits per heavy atom. The number of aliphatic hydroxyl groups excluding tert-OH is 2. The highest BCUT2D eigenvalue weighted by Crippen LogP contribution is 2.26. The molecule has 1 rings (SSSR count). The van der Waals surface area contributed by atoms with E-state index in [9.17, 15) is 10.2 Å². The number of hydrogen-bond donors (Lipinski definition) is 5. The molecule has 0 fully saturated rings. The molecule has 94 valence electrons. The maximum absolute atomic E-state index is 9.98. The fourth-order valence-corrected chi connectivity index (χ4v) is 1.65. The van der Waals surface area contributed by atoms with E-state index in [1.54, 1.807) is 24.3 Å². The number of para-hydroxylation sites is 1. The third-order valence-corrected chi connectivity index (χ3v) is 2.47. The van der Waals surface area contributed by atoms with Gasteiger partial charge in [-0.1, -0.05) is 18.2 Å². The first-order valence-electron chi connectivity index (χ1n) is 5.28. The van der Waals surface area contributed by atoms with Crippen LogP contribution in [0.25, 0.3) is 0 Å². The van der Waals surface area contributed by atoms with Gasteiger partial charge >= 0.3 is 0 Å². The smallest absolute Gasteiger partial charge is 0.168 e. The van der Waals surface area contributed by atoms with Gasteiger partial charge in [-0.3, -0.25) is 0 Å². The molecule has 2 unspecified atom stereocenters. The third-order valence-electron chi connectivity index (χ3n) is 2.36. The van der Waals surface area contributed by atoms with Crippen LogP contribution in [0.3, 0.4) is 0 Å². The van der Waals surface area contributed by atoms with Gasteiger partial charge in [-0.25, -0.2) is 0 Å². The predicted molar refractivity (Wildman–Crippen MR) is 71.5 cm³/mol. The van der Waals surface area contributed by atoms with Crippen LogP contribution in [0.5, 0.6) is 0 Å². The summed E-state index contributed by atoms with van der Waals surface area (Å²) in [6.45, 7) is 0.309. The van der Waals surface area contributed by atoms with Crippen LogP contribution in [0.2, 0.25) is 0 Å². The highest BCUT2D eigenvalue weighted by Gasteiger charge is 2.20. The lowest BCUT2D eigenvalue weighted by Gasteiger charge is -2.20. The van der Waals surface area contributed by atoms with Crippen molar-refractivity contribution < 1.29 is 10.2 Å². The van der Waals surface area contributed by atoms with E-state index in [0.29, 0.717) is 24.2 Å². The molecule has 0 spiro atoms. The number of hydrogen-bond acceptors (Lipinski definition) is 4.